The first-order chi connectivity index (χ1) is 11.4. The molecule has 0 unspecified atom stereocenters. The van der Waals surface area contributed by atoms with E-state index in [9.17, 15) is 0 Å². The molecule has 0 saturated heterocycles. The second-order valence-electron chi connectivity index (χ2n) is 5.74. The third-order valence-corrected chi connectivity index (χ3v) is 3.74. The number of aromatic nitrogens is 6. The third kappa shape index (κ3) is 2.73. The zero-order chi connectivity index (χ0) is 17.4. The van der Waals surface area contributed by atoms with Gasteiger partial charge in [-0.15, -0.1) is 0 Å². The van der Waals surface area contributed by atoms with Crippen molar-refractivity contribution in [3.8, 4) is 0 Å². The van der Waals surface area contributed by atoms with Crippen molar-refractivity contribution >= 4 is 33.7 Å². The topological polar surface area (TPSA) is 113 Å². The van der Waals surface area contributed by atoms with Crippen LogP contribution in [0.4, 0.5) is 11.6 Å². The molecule has 4 aromatic rings. The number of pyridine rings is 2. The third-order valence-electron chi connectivity index (χ3n) is 3.74. The Kier molecular flexibility index (Phi) is 3.80. The molecule has 4 rings (SSSR count). The molecule has 4 N–H and O–H groups in total. The summed E-state index contributed by atoms with van der Waals surface area (Å²) in [6.45, 7) is 3.84. The zero-order valence-corrected chi connectivity index (χ0v) is 14.1. The number of hydrogen-bond donors (Lipinski definition) is 2. The fourth-order valence-electron chi connectivity index (χ4n) is 2.56. The molecule has 0 atom stereocenters. The molecule has 0 fully saturated rings. The predicted molar refractivity (Wildman–Crippen MR) is 95.3 cm³/mol. The SMILES string of the molecule is Cc1cc2c(ncn2C)c(N)n1.Cc1cc2c(ncn2C)c(N)n1. The van der Waals surface area contributed by atoms with Gasteiger partial charge in [0.05, 0.1) is 23.7 Å². The average molecular weight is 324 g/mol. The Bertz CT molecular complexity index is 944. The maximum Gasteiger partial charge on any atom is 0.151 e. The van der Waals surface area contributed by atoms with Crippen molar-refractivity contribution in [2.24, 2.45) is 14.1 Å². The summed E-state index contributed by atoms with van der Waals surface area (Å²) in [5.41, 5.74) is 16.8. The summed E-state index contributed by atoms with van der Waals surface area (Å²) in [6.07, 6.45) is 3.48. The number of anilines is 2. The molecule has 0 aliphatic rings. The summed E-state index contributed by atoms with van der Waals surface area (Å²) in [5, 5.41) is 0. The van der Waals surface area contributed by atoms with Gasteiger partial charge in [-0.1, -0.05) is 0 Å². The van der Waals surface area contributed by atoms with Gasteiger partial charge in [0.1, 0.15) is 11.0 Å². The first-order valence-electron chi connectivity index (χ1n) is 7.45. The number of nitrogens with two attached hydrogens (primary N) is 2. The predicted octanol–water partition coefficient (Wildman–Crippen LogP) is 1.72. The first kappa shape index (κ1) is 15.7. The van der Waals surface area contributed by atoms with Crippen LogP contribution in [0.5, 0.6) is 0 Å². The number of rotatable bonds is 0. The minimum absolute atomic E-state index is 0.505. The zero-order valence-electron chi connectivity index (χ0n) is 14.1. The van der Waals surface area contributed by atoms with Crippen molar-refractivity contribution in [1.29, 1.82) is 0 Å². The van der Waals surface area contributed by atoms with E-state index in [0.717, 1.165) is 33.5 Å². The maximum atomic E-state index is 5.68. The summed E-state index contributed by atoms with van der Waals surface area (Å²) in [6, 6.07) is 3.94. The Morgan fingerprint density at radius 3 is 1.50 bits per heavy atom. The van der Waals surface area contributed by atoms with Gasteiger partial charge in [-0.3, -0.25) is 0 Å². The van der Waals surface area contributed by atoms with E-state index in [1.54, 1.807) is 12.7 Å². The van der Waals surface area contributed by atoms with Gasteiger partial charge in [-0.2, -0.15) is 0 Å². The molecule has 0 amide bonds. The van der Waals surface area contributed by atoms with Gasteiger partial charge in [0.15, 0.2) is 11.6 Å². The van der Waals surface area contributed by atoms with Crippen molar-refractivity contribution < 1.29 is 0 Å². The monoisotopic (exact) mass is 324 g/mol. The maximum absolute atomic E-state index is 5.68. The Hall–Kier alpha value is -3.16. The molecule has 0 aromatic carbocycles. The lowest BCUT2D eigenvalue weighted by atomic mass is 10.3. The van der Waals surface area contributed by atoms with Crippen molar-refractivity contribution in [3.63, 3.8) is 0 Å². The average Bonchev–Trinajstić information content (AvgIpc) is 3.05. The molecule has 0 bridgehead atoms. The van der Waals surface area contributed by atoms with Crippen LogP contribution in [0, 0.1) is 13.8 Å². The van der Waals surface area contributed by atoms with Crippen LogP contribution in [0.1, 0.15) is 11.4 Å². The van der Waals surface area contributed by atoms with E-state index in [-0.39, 0.29) is 0 Å². The number of nitrogen functional groups attached to an aromatic ring is 2. The number of imidazole rings is 2. The lowest BCUT2D eigenvalue weighted by molar-refractivity contribution is 0.946. The van der Waals surface area contributed by atoms with E-state index in [4.69, 9.17) is 11.5 Å². The second kappa shape index (κ2) is 5.80. The molecule has 8 heteroatoms. The Labute approximate surface area is 139 Å². The van der Waals surface area contributed by atoms with Crippen LogP contribution >= 0.6 is 0 Å². The normalized spacial score (nSPS) is 10.8. The highest BCUT2D eigenvalue weighted by Gasteiger charge is 2.05. The summed E-state index contributed by atoms with van der Waals surface area (Å²) < 4.78 is 3.86. The van der Waals surface area contributed by atoms with Crippen LogP contribution in [-0.2, 0) is 14.1 Å². The van der Waals surface area contributed by atoms with Crippen LogP contribution in [0.25, 0.3) is 22.1 Å². The fraction of sp³-hybridized carbons (Fsp3) is 0.250. The molecule has 24 heavy (non-hydrogen) atoms. The summed E-state index contributed by atoms with van der Waals surface area (Å²) in [7, 11) is 3.88. The standard InChI is InChI=1S/2C8H10N4/c2*1-5-3-6-7(8(9)11-5)10-4-12(6)2/h2*3-4H,1-2H3,(H2,9,11). The molecule has 0 aliphatic carbocycles. The minimum atomic E-state index is 0.505. The molecule has 124 valence electrons. The highest BCUT2D eigenvalue weighted by molar-refractivity contribution is 5.85. The van der Waals surface area contributed by atoms with E-state index in [1.807, 2.05) is 49.2 Å². The quantitative estimate of drug-likeness (QED) is 0.509. The van der Waals surface area contributed by atoms with E-state index >= 15 is 0 Å². The van der Waals surface area contributed by atoms with Gasteiger partial charge in [0, 0.05) is 25.5 Å². The molecular formula is C16H20N8. The molecular weight excluding hydrogens is 304 g/mol. The minimum Gasteiger partial charge on any atom is -0.382 e. The number of aryl methyl sites for hydroxylation is 4. The molecule has 4 heterocycles. The summed E-state index contributed by atoms with van der Waals surface area (Å²) in [5.74, 6) is 1.01. The Balaban J connectivity index is 0.000000141. The molecule has 0 radical (unpaired) electrons. The Morgan fingerprint density at radius 1 is 0.750 bits per heavy atom. The van der Waals surface area contributed by atoms with Crippen molar-refractivity contribution in [2.75, 3.05) is 11.5 Å². The van der Waals surface area contributed by atoms with Crippen LogP contribution in [0.15, 0.2) is 24.8 Å². The van der Waals surface area contributed by atoms with Crippen molar-refractivity contribution in [1.82, 2.24) is 29.1 Å². The van der Waals surface area contributed by atoms with Crippen LogP contribution < -0.4 is 11.5 Å². The van der Waals surface area contributed by atoms with Gasteiger partial charge in [0.25, 0.3) is 0 Å². The van der Waals surface area contributed by atoms with Gasteiger partial charge in [0.2, 0.25) is 0 Å². The van der Waals surface area contributed by atoms with Crippen LogP contribution in [0.2, 0.25) is 0 Å². The molecule has 0 saturated carbocycles. The summed E-state index contributed by atoms with van der Waals surface area (Å²) >= 11 is 0. The van der Waals surface area contributed by atoms with Gasteiger partial charge in [-0.25, -0.2) is 19.9 Å². The van der Waals surface area contributed by atoms with Crippen LogP contribution in [-0.4, -0.2) is 29.1 Å². The lowest BCUT2D eigenvalue weighted by Gasteiger charge is -1.98. The largest absolute Gasteiger partial charge is 0.382 e. The number of fused-ring (bicyclic) bond motifs is 2. The molecule has 0 aliphatic heterocycles. The molecule has 8 nitrogen and oxygen atoms in total. The van der Waals surface area contributed by atoms with Gasteiger partial charge >= 0.3 is 0 Å². The fourth-order valence-corrected chi connectivity index (χ4v) is 2.56. The van der Waals surface area contributed by atoms with Crippen molar-refractivity contribution in [2.45, 2.75) is 13.8 Å². The number of nitrogens with zero attached hydrogens (tertiary/aromatic N) is 6. The van der Waals surface area contributed by atoms with E-state index < -0.39 is 0 Å². The first-order valence-corrected chi connectivity index (χ1v) is 7.45. The Morgan fingerprint density at radius 2 is 1.12 bits per heavy atom. The number of hydrogen-bond acceptors (Lipinski definition) is 6. The smallest absolute Gasteiger partial charge is 0.151 e. The van der Waals surface area contributed by atoms with Gasteiger partial charge in [-0.05, 0) is 26.0 Å². The van der Waals surface area contributed by atoms with E-state index in [0.29, 0.717) is 11.6 Å². The highest BCUT2D eigenvalue weighted by Crippen LogP contribution is 2.18. The second-order valence-corrected chi connectivity index (χ2v) is 5.74. The lowest BCUT2D eigenvalue weighted by Crippen LogP contribution is -1.94. The highest BCUT2D eigenvalue weighted by atomic mass is 15.0. The van der Waals surface area contributed by atoms with Crippen LogP contribution in [0.3, 0.4) is 0 Å². The van der Waals surface area contributed by atoms with Gasteiger partial charge < -0.3 is 20.6 Å². The van der Waals surface area contributed by atoms with E-state index in [2.05, 4.69) is 19.9 Å². The van der Waals surface area contributed by atoms with Crippen molar-refractivity contribution in [3.05, 3.63) is 36.2 Å². The molecule has 0 spiro atoms. The van der Waals surface area contributed by atoms with E-state index in [1.165, 1.54) is 0 Å². The molecule has 4 aromatic heterocycles. The summed E-state index contributed by atoms with van der Waals surface area (Å²) in [4.78, 5) is 16.5.